The maximum absolute atomic E-state index is 13.6. The van der Waals surface area contributed by atoms with Crippen LogP contribution in [0.1, 0.15) is 23.7 Å². The van der Waals surface area contributed by atoms with Gasteiger partial charge in [0.05, 0.1) is 0 Å². The molecule has 0 radical (unpaired) electrons. The Balaban J connectivity index is 2.06. The second-order valence-electron chi connectivity index (χ2n) is 4.20. The molecule has 0 amide bonds. The second kappa shape index (κ2) is 5.63. The molecule has 0 unspecified atom stereocenters. The molecular formula is C15H16FNO. The minimum absolute atomic E-state index is 0.201. The van der Waals surface area contributed by atoms with Crippen molar-refractivity contribution >= 4 is 0 Å². The van der Waals surface area contributed by atoms with Crippen LogP contribution in [-0.2, 0) is 13.0 Å². The van der Waals surface area contributed by atoms with E-state index in [4.69, 9.17) is 4.74 Å². The Labute approximate surface area is 106 Å². The topological polar surface area (TPSA) is 22.1 Å². The molecule has 0 fully saturated rings. The Hall–Kier alpha value is -1.90. The molecule has 18 heavy (non-hydrogen) atoms. The number of hydrogen-bond donors (Lipinski definition) is 0. The van der Waals surface area contributed by atoms with Crippen LogP contribution >= 0.6 is 0 Å². The van der Waals surface area contributed by atoms with Crippen molar-refractivity contribution in [1.82, 2.24) is 4.98 Å². The first-order valence-corrected chi connectivity index (χ1v) is 6.03. The molecule has 1 heterocycles. The quantitative estimate of drug-likeness (QED) is 0.820. The fourth-order valence-corrected chi connectivity index (χ4v) is 1.66. The molecule has 0 bridgehead atoms. The summed E-state index contributed by atoms with van der Waals surface area (Å²) in [5, 5.41) is 0. The molecular weight excluding hydrogens is 229 g/mol. The molecule has 0 atom stereocenters. The summed E-state index contributed by atoms with van der Waals surface area (Å²) >= 11 is 0. The fraction of sp³-hybridized carbons (Fsp3) is 0.267. The molecule has 0 N–H and O–H groups in total. The van der Waals surface area contributed by atoms with E-state index in [9.17, 15) is 4.39 Å². The predicted molar refractivity (Wildman–Crippen MR) is 69.1 cm³/mol. The molecule has 2 rings (SSSR count). The fourth-order valence-electron chi connectivity index (χ4n) is 1.66. The van der Waals surface area contributed by atoms with Crippen molar-refractivity contribution in [3.8, 4) is 5.88 Å². The van der Waals surface area contributed by atoms with Gasteiger partial charge in [0.2, 0.25) is 5.88 Å². The normalized spacial score (nSPS) is 10.4. The maximum atomic E-state index is 13.6. The Morgan fingerprint density at radius 2 is 2.06 bits per heavy atom. The Kier molecular flexibility index (Phi) is 3.92. The van der Waals surface area contributed by atoms with E-state index in [-0.39, 0.29) is 12.4 Å². The number of halogens is 1. The minimum Gasteiger partial charge on any atom is -0.473 e. The van der Waals surface area contributed by atoms with E-state index in [0.717, 1.165) is 17.7 Å². The van der Waals surface area contributed by atoms with Gasteiger partial charge in [0, 0.05) is 17.3 Å². The number of hydrogen-bond acceptors (Lipinski definition) is 2. The van der Waals surface area contributed by atoms with Gasteiger partial charge in [-0.1, -0.05) is 25.1 Å². The van der Waals surface area contributed by atoms with Gasteiger partial charge >= 0.3 is 0 Å². The van der Waals surface area contributed by atoms with E-state index in [2.05, 4.69) is 4.98 Å². The Morgan fingerprint density at radius 3 is 2.78 bits per heavy atom. The lowest BCUT2D eigenvalue weighted by molar-refractivity contribution is 0.287. The van der Waals surface area contributed by atoms with Gasteiger partial charge in [-0.05, 0) is 31.0 Å². The van der Waals surface area contributed by atoms with Crippen LogP contribution < -0.4 is 4.74 Å². The van der Waals surface area contributed by atoms with Crippen LogP contribution in [0.25, 0.3) is 0 Å². The lowest BCUT2D eigenvalue weighted by Crippen LogP contribution is -2.01. The van der Waals surface area contributed by atoms with Gasteiger partial charge in [0.15, 0.2) is 0 Å². The molecule has 2 aromatic rings. The predicted octanol–water partition coefficient (Wildman–Crippen LogP) is 3.67. The van der Waals surface area contributed by atoms with E-state index < -0.39 is 0 Å². The highest BCUT2D eigenvalue weighted by atomic mass is 19.1. The molecule has 0 aliphatic carbocycles. The van der Waals surface area contributed by atoms with Gasteiger partial charge < -0.3 is 4.74 Å². The summed E-state index contributed by atoms with van der Waals surface area (Å²) in [7, 11) is 0. The number of pyridine rings is 1. The smallest absolute Gasteiger partial charge is 0.213 e. The number of benzene rings is 1. The zero-order valence-electron chi connectivity index (χ0n) is 10.6. The molecule has 0 aliphatic heterocycles. The molecule has 0 aliphatic rings. The number of ether oxygens (including phenoxy) is 1. The summed E-state index contributed by atoms with van der Waals surface area (Å²) in [6.07, 6.45) is 0.857. The molecule has 3 heteroatoms. The lowest BCUT2D eigenvalue weighted by Gasteiger charge is -2.07. The van der Waals surface area contributed by atoms with Crippen LogP contribution in [0.15, 0.2) is 36.4 Å². The van der Waals surface area contributed by atoms with Crippen LogP contribution in [0.2, 0.25) is 0 Å². The highest BCUT2D eigenvalue weighted by molar-refractivity contribution is 5.23. The summed E-state index contributed by atoms with van der Waals surface area (Å²) in [6.45, 7) is 4.10. The van der Waals surface area contributed by atoms with Gasteiger partial charge in [-0.2, -0.15) is 0 Å². The summed E-state index contributed by atoms with van der Waals surface area (Å²) in [6, 6.07) is 10.7. The highest BCUT2D eigenvalue weighted by Gasteiger charge is 2.04. The number of nitrogens with zero attached hydrogens (tertiary/aromatic N) is 1. The Morgan fingerprint density at radius 1 is 1.22 bits per heavy atom. The zero-order chi connectivity index (χ0) is 13.0. The van der Waals surface area contributed by atoms with Crippen molar-refractivity contribution in [1.29, 1.82) is 0 Å². The van der Waals surface area contributed by atoms with E-state index in [1.54, 1.807) is 12.1 Å². The third kappa shape index (κ3) is 3.06. The molecule has 2 nitrogen and oxygen atoms in total. The van der Waals surface area contributed by atoms with Crippen molar-refractivity contribution < 1.29 is 9.13 Å². The monoisotopic (exact) mass is 245 g/mol. The van der Waals surface area contributed by atoms with Crippen molar-refractivity contribution in [3.63, 3.8) is 0 Å². The van der Waals surface area contributed by atoms with Crippen molar-refractivity contribution in [2.24, 2.45) is 0 Å². The van der Waals surface area contributed by atoms with Gasteiger partial charge in [0.25, 0.3) is 0 Å². The maximum Gasteiger partial charge on any atom is 0.213 e. The van der Waals surface area contributed by atoms with Gasteiger partial charge in [-0.15, -0.1) is 0 Å². The van der Waals surface area contributed by atoms with Crippen LogP contribution in [0, 0.1) is 12.7 Å². The van der Waals surface area contributed by atoms with Crippen LogP contribution in [0.4, 0.5) is 4.39 Å². The van der Waals surface area contributed by atoms with Gasteiger partial charge in [-0.25, -0.2) is 9.37 Å². The Bertz CT molecular complexity index is 540. The third-order valence-corrected chi connectivity index (χ3v) is 2.73. The average molecular weight is 245 g/mol. The first kappa shape index (κ1) is 12.6. The molecule has 0 saturated carbocycles. The minimum atomic E-state index is -0.235. The average Bonchev–Trinajstić information content (AvgIpc) is 2.38. The molecule has 1 aromatic carbocycles. The van der Waals surface area contributed by atoms with Gasteiger partial charge in [0.1, 0.15) is 12.4 Å². The lowest BCUT2D eigenvalue weighted by atomic mass is 10.1. The largest absolute Gasteiger partial charge is 0.473 e. The standard InChI is InChI=1S/C15H16FNO/c1-3-13-5-4-6-15(17-13)18-10-12-8-7-11(2)9-14(12)16/h4-9H,3,10H2,1-2H3. The number of aryl methyl sites for hydroxylation is 2. The van der Waals surface area contributed by atoms with E-state index in [1.165, 1.54) is 6.07 Å². The highest BCUT2D eigenvalue weighted by Crippen LogP contribution is 2.14. The molecule has 0 spiro atoms. The first-order valence-electron chi connectivity index (χ1n) is 6.03. The van der Waals surface area contributed by atoms with E-state index in [0.29, 0.717) is 11.4 Å². The van der Waals surface area contributed by atoms with Crippen LogP contribution in [0.5, 0.6) is 5.88 Å². The van der Waals surface area contributed by atoms with Crippen LogP contribution in [0.3, 0.4) is 0 Å². The summed E-state index contributed by atoms with van der Waals surface area (Å²) < 4.78 is 19.1. The second-order valence-corrected chi connectivity index (χ2v) is 4.20. The summed E-state index contributed by atoms with van der Waals surface area (Å²) in [5.74, 6) is 0.302. The van der Waals surface area contributed by atoms with E-state index >= 15 is 0 Å². The summed E-state index contributed by atoms with van der Waals surface area (Å²) in [4.78, 5) is 4.31. The first-order chi connectivity index (χ1) is 8.69. The molecule has 0 saturated heterocycles. The molecule has 94 valence electrons. The van der Waals surface area contributed by atoms with Crippen LogP contribution in [-0.4, -0.2) is 4.98 Å². The van der Waals surface area contributed by atoms with Crippen molar-refractivity contribution in [2.45, 2.75) is 26.9 Å². The molecule has 1 aromatic heterocycles. The summed E-state index contributed by atoms with van der Waals surface area (Å²) in [5.41, 5.74) is 2.42. The zero-order valence-corrected chi connectivity index (χ0v) is 10.6. The van der Waals surface area contributed by atoms with Crippen molar-refractivity contribution in [3.05, 3.63) is 59.0 Å². The number of rotatable bonds is 4. The van der Waals surface area contributed by atoms with E-state index in [1.807, 2.05) is 32.0 Å². The van der Waals surface area contributed by atoms with Gasteiger partial charge in [-0.3, -0.25) is 0 Å². The third-order valence-electron chi connectivity index (χ3n) is 2.73. The SMILES string of the molecule is CCc1cccc(OCc2ccc(C)cc2F)n1. The van der Waals surface area contributed by atoms with Crippen molar-refractivity contribution in [2.75, 3.05) is 0 Å². The number of aromatic nitrogens is 1.